The smallest absolute Gasteiger partial charge is 0.265 e. The molecular weight excluding hydrogens is 308 g/mol. The van der Waals surface area contributed by atoms with Gasteiger partial charge in [-0.3, -0.25) is 9.69 Å². The number of nitrogens with zero attached hydrogens (tertiary/aromatic N) is 2. The summed E-state index contributed by atoms with van der Waals surface area (Å²) >= 11 is 0. The maximum atomic E-state index is 13.3. The minimum absolute atomic E-state index is 0.0510. The predicted molar refractivity (Wildman–Crippen MR) is 105 cm³/mol. The first-order chi connectivity index (χ1) is 12.0. The molecule has 1 amide bonds. The van der Waals surface area contributed by atoms with E-state index in [4.69, 9.17) is 0 Å². The van der Waals surface area contributed by atoms with E-state index in [0.717, 1.165) is 41.1 Å². The Balaban J connectivity index is 2.14. The van der Waals surface area contributed by atoms with Gasteiger partial charge in [0.25, 0.3) is 5.91 Å². The number of benzene rings is 2. The fraction of sp³-hybridized carbons (Fsp3) is 0.318. The van der Waals surface area contributed by atoms with Crippen LogP contribution < -0.4 is 4.90 Å². The zero-order valence-electron chi connectivity index (χ0n) is 15.8. The topological polar surface area (TPSA) is 23.6 Å². The van der Waals surface area contributed by atoms with Crippen LogP contribution in [0, 0.1) is 6.92 Å². The number of carbonyl (C=O) groups is 1. The number of para-hydroxylation sites is 1. The van der Waals surface area contributed by atoms with Crippen molar-refractivity contribution in [1.82, 2.24) is 4.90 Å². The van der Waals surface area contributed by atoms with Crippen LogP contribution in [0.3, 0.4) is 0 Å². The molecule has 1 aliphatic heterocycles. The molecule has 0 aromatic heterocycles. The molecule has 1 aliphatic rings. The van der Waals surface area contributed by atoms with Crippen LogP contribution in [0.1, 0.15) is 37.0 Å². The summed E-state index contributed by atoms with van der Waals surface area (Å²) in [6.07, 6.45) is 2.20. The molecule has 2 aromatic rings. The van der Waals surface area contributed by atoms with Gasteiger partial charge in [-0.15, -0.1) is 0 Å². The Kier molecular flexibility index (Phi) is 4.67. The van der Waals surface area contributed by atoms with Crippen LogP contribution >= 0.6 is 0 Å². The molecule has 0 radical (unpaired) electrons. The second kappa shape index (κ2) is 6.75. The number of allylic oxidation sites excluding steroid dienone is 1. The second-order valence-corrected chi connectivity index (χ2v) is 6.87. The largest absolute Gasteiger partial charge is 0.381 e. The lowest BCUT2D eigenvalue weighted by atomic mass is 10.0. The lowest BCUT2D eigenvalue weighted by Gasteiger charge is -2.20. The first-order valence-corrected chi connectivity index (χ1v) is 8.87. The van der Waals surface area contributed by atoms with E-state index in [2.05, 4.69) is 32.0 Å². The lowest BCUT2D eigenvalue weighted by Crippen LogP contribution is -2.22. The van der Waals surface area contributed by atoms with E-state index in [-0.39, 0.29) is 5.91 Å². The summed E-state index contributed by atoms with van der Waals surface area (Å²) in [4.78, 5) is 17.1. The molecule has 3 nitrogen and oxygen atoms in total. The number of fused-ring (bicyclic) bond motifs is 1. The zero-order chi connectivity index (χ0) is 18.1. The van der Waals surface area contributed by atoms with Crippen LogP contribution in [0.4, 0.5) is 11.4 Å². The lowest BCUT2D eigenvalue weighted by molar-refractivity contribution is -0.112. The number of rotatable bonds is 4. The van der Waals surface area contributed by atoms with Crippen LogP contribution in [0.25, 0.3) is 5.57 Å². The van der Waals surface area contributed by atoms with Crippen LogP contribution in [-0.4, -0.2) is 24.9 Å². The molecule has 3 heteroatoms. The predicted octanol–water partition coefficient (Wildman–Crippen LogP) is 4.92. The molecule has 0 saturated heterocycles. The molecule has 0 bridgehead atoms. The summed E-state index contributed by atoms with van der Waals surface area (Å²) in [5, 5.41) is 0. The molecular formula is C22H26N2O. The van der Waals surface area contributed by atoms with Crippen LogP contribution in [0.5, 0.6) is 0 Å². The van der Waals surface area contributed by atoms with E-state index in [0.29, 0.717) is 0 Å². The standard InChI is InChI=1S/C22H26N2O/c1-6-9-17-12-13-18(14-15(17)2)24-20-11-8-7-10-19(20)21(22(24)25)16(3)23(4)5/h7-8,10-14H,6,9H2,1-5H3/b21-16-. The third-order valence-corrected chi connectivity index (χ3v) is 4.97. The van der Waals surface area contributed by atoms with Crippen LogP contribution in [-0.2, 0) is 11.2 Å². The van der Waals surface area contributed by atoms with E-state index < -0.39 is 0 Å². The molecule has 130 valence electrons. The Morgan fingerprint density at radius 1 is 1.12 bits per heavy atom. The highest BCUT2D eigenvalue weighted by atomic mass is 16.2. The number of aryl methyl sites for hydroxylation is 2. The van der Waals surface area contributed by atoms with Crippen molar-refractivity contribution in [3.05, 3.63) is 64.9 Å². The van der Waals surface area contributed by atoms with Crippen LogP contribution in [0.15, 0.2) is 48.2 Å². The Morgan fingerprint density at radius 3 is 2.48 bits per heavy atom. The van der Waals surface area contributed by atoms with E-state index in [1.807, 2.05) is 55.1 Å². The normalized spacial score (nSPS) is 15.4. The van der Waals surface area contributed by atoms with Gasteiger partial charge < -0.3 is 4.90 Å². The quantitative estimate of drug-likeness (QED) is 0.741. The molecule has 0 spiro atoms. The summed E-state index contributed by atoms with van der Waals surface area (Å²) < 4.78 is 0. The van der Waals surface area contributed by atoms with Crippen molar-refractivity contribution < 1.29 is 4.79 Å². The van der Waals surface area contributed by atoms with E-state index in [1.54, 1.807) is 0 Å². The van der Waals surface area contributed by atoms with Gasteiger partial charge in [0.05, 0.1) is 11.3 Å². The number of anilines is 2. The van der Waals surface area contributed by atoms with Crippen molar-refractivity contribution in [3.8, 4) is 0 Å². The molecule has 3 rings (SSSR count). The summed E-state index contributed by atoms with van der Waals surface area (Å²) in [6.45, 7) is 6.32. The molecule has 0 fully saturated rings. The molecule has 0 atom stereocenters. The summed E-state index contributed by atoms with van der Waals surface area (Å²) in [5.41, 5.74) is 7.28. The average Bonchev–Trinajstić information content (AvgIpc) is 2.88. The Morgan fingerprint density at radius 2 is 1.84 bits per heavy atom. The highest BCUT2D eigenvalue weighted by molar-refractivity contribution is 6.35. The third kappa shape index (κ3) is 2.95. The van der Waals surface area contributed by atoms with Gasteiger partial charge in [0.15, 0.2) is 0 Å². The van der Waals surface area contributed by atoms with Gasteiger partial charge >= 0.3 is 0 Å². The van der Waals surface area contributed by atoms with Crippen molar-refractivity contribution >= 4 is 22.9 Å². The highest BCUT2D eigenvalue weighted by Crippen LogP contribution is 2.43. The molecule has 0 unspecified atom stereocenters. The number of hydrogen-bond donors (Lipinski definition) is 0. The van der Waals surface area contributed by atoms with Crippen molar-refractivity contribution in [2.75, 3.05) is 19.0 Å². The first kappa shape index (κ1) is 17.3. The van der Waals surface area contributed by atoms with Crippen molar-refractivity contribution in [2.45, 2.75) is 33.6 Å². The van der Waals surface area contributed by atoms with Crippen LogP contribution in [0.2, 0.25) is 0 Å². The van der Waals surface area contributed by atoms with E-state index in [1.165, 1.54) is 11.1 Å². The van der Waals surface area contributed by atoms with E-state index >= 15 is 0 Å². The number of hydrogen-bond acceptors (Lipinski definition) is 2. The van der Waals surface area contributed by atoms with Crippen molar-refractivity contribution in [2.24, 2.45) is 0 Å². The fourth-order valence-electron chi connectivity index (χ4n) is 3.42. The Hall–Kier alpha value is -2.55. The number of carbonyl (C=O) groups excluding carboxylic acids is 1. The summed E-state index contributed by atoms with van der Waals surface area (Å²) in [7, 11) is 3.95. The second-order valence-electron chi connectivity index (χ2n) is 6.87. The van der Waals surface area contributed by atoms with E-state index in [9.17, 15) is 4.79 Å². The maximum absolute atomic E-state index is 13.3. The zero-order valence-corrected chi connectivity index (χ0v) is 15.8. The molecule has 2 aromatic carbocycles. The molecule has 1 heterocycles. The summed E-state index contributed by atoms with van der Waals surface area (Å²) in [6, 6.07) is 14.4. The van der Waals surface area contributed by atoms with Gasteiger partial charge in [0.1, 0.15) is 0 Å². The third-order valence-electron chi connectivity index (χ3n) is 4.97. The Bertz CT molecular complexity index is 849. The van der Waals surface area contributed by atoms with Gasteiger partial charge in [-0.05, 0) is 49.6 Å². The fourth-order valence-corrected chi connectivity index (χ4v) is 3.42. The van der Waals surface area contributed by atoms with Gasteiger partial charge in [0.2, 0.25) is 0 Å². The number of amides is 1. The minimum atomic E-state index is 0.0510. The first-order valence-electron chi connectivity index (χ1n) is 8.87. The average molecular weight is 334 g/mol. The van der Waals surface area contributed by atoms with Crippen molar-refractivity contribution in [3.63, 3.8) is 0 Å². The maximum Gasteiger partial charge on any atom is 0.265 e. The molecule has 0 N–H and O–H groups in total. The Labute approximate surface area is 150 Å². The summed E-state index contributed by atoms with van der Waals surface area (Å²) in [5.74, 6) is 0.0510. The molecule has 0 aliphatic carbocycles. The van der Waals surface area contributed by atoms with Gasteiger partial charge in [-0.25, -0.2) is 0 Å². The SMILES string of the molecule is CCCc1ccc(N2C(=O)/C(=C(/C)N(C)C)c3ccccc32)cc1C. The molecule has 0 saturated carbocycles. The van der Waals surface area contributed by atoms with Gasteiger partial charge in [-0.2, -0.15) is 0 Å². The van der Waals surface area contributed by atoms with Crippen molar-refractivity contribution in [1.29, 1.82) is 0 Å². The monoisotopic (exact) mass is 334 g/mol. The molecule has 25 heavy (non-hydrogen) atoms. The van der Waals surface area contributed by atoms with Gasteiger partial charge in [0, 0.05) is 31.0 Å². The minimum Gasteiger partial charge on any atom is -0.381 e. The van der Waals surface area contributed by atoms with Gasteiger partial charge in [-0.1, -0.05) is 37.6 Å². The highest BCUT2D eigenvalue weighted by Gasteiger charge is 2.35.